The molecule has 0 spiro atoms. The molecule has 5 nitrogen and oxygen atoms in total. The van der Waals surface area contributed by atoms with Crippen LogP contribution in [0.1, 0.15) is 17.5 Å². The second-order valence-electron chi connectivity index (χ2n) is 4.70. The van der Waals surface area contributed by atoms with Gasteiger partial charge in [-0.1, -0.05) is 0 Å². The Balaban J connectivity index is 2.32. The Kier molecular flexibility index (Phi) is 3.60. The first-order valence-electron chi connectivity index (χ1n) is 5.85. The van der Waals surface area contributed by atoms with Crippen LogP contribution in [0.25, 0.3) is 0 Å². The van der Waals surface area contributed by atoms with Crippen LogP contribution in [-0.2, 0) is 14.8 Å². The molecule has 1 aliphatic rings. The summed E-state index contributed by atoms with van der Waals surface area (Å²) in [5.74, 6) is -0.646. The molecule has 1 aromatic carbocycles. The van der Waals surface area contributed by atoms with Crippen molar-refractivity contribution in [2.75, 3.05) is 6.54 Å². The summed E-state index contributed by atoms with van der Waals surface area (Å²) in [7, 11) is -3.75. The fourth-order valence-electron chi connectivity index (χ4n) is 2.29. The smallest absolute Gasteiger partial charge is 0.241 e. The maximum Gasteiger partial charge on any atom is 0.241 e. The lowest BCUT2D eigenvalue weighted by Crippen LogP contribution is -2.36. The van der Waals surface area contributed by atoms with Crippen LogP contribution < -0.4 is 10.0 Å². The van der Waals surface area contributed by atoms with E-state index < -0.39 is 21.9 Å². The number of rotatable bonds is 3. The van der Waals surface area contributed by atoms with Gasteiger partial charge in [-0.25, -0.2) is 17.5 Å². The van der Waals surface area contributed by atoms with Crippen molar-refractivity contribution in [3.05, 3.63) is 29.1 Å². The fraction of sp³-hybridized carbons (Fsp3) is 0.417. The number of hydrogen-bond acceptors (Lipinski definition) is 3. The molecule has 1 atom stereocenters. The molecule has 0 aliphatic carbocycles. The maximum atomic E-state index is 13.2. The SMILES string of the molecule is Cc1cc(F)cc(C)c1S(=O)(=O)NC1CNC(=O)C1. The highest BCUT2D eigenvalue weighted by Gasteiger charge is 2.28. The number of halogens is 1. The molecule has 1 saturated heterocycles. The summed E-state index contributed by atoms with van der Waals surface area (Å²) in [5, 5.41) is 2.56. The first-order chi connectivity index (χ1) is 8.79. The molecule has 19 heavy (non-hydrogen) atoms. The molecular formula is C12H15FN2O3S. The molecule has 7 heteroatoms. The van der Waals surface area contributed by atoms with Crippen LogP contribution in [0.5, 0.6) is 0 Å². The Bertz CT molecular complexity index is 605. The lowest BCUT2D eigenvalue weighted by molar-refractivity contribution is -0.119. The van der Waals surface area contributed by atoms with Crippen molar-refractivity contribution >= 4 is 15.9 Å². The molecular weight excluding hydrogens is 271 g/mol. The molecule has 0 saturated carbocycles. The molecule has 104 valence electrons. The van der Waals surface area contributed by atoms with E-state index in [4.69, 9.17) is 0 Å². The van der Waals surface area contributed by atoms with Gasteiger partial charge in [0.25, 0.3) is 0 Å². The zero-order valence-electron chi connectivity index (χ0n) is 10.7. The Labute approximate surface area is 111 Å². The predicted octanol–water partition coefficient (Wildman–Crippen LogP) is 0.609. The second kappa shape index (κ2) is 4.90. The number of amides is 1. The second-order valence-corrected chi connectivity index (χ2v) is 6.35. The maximum absolute atomic E-state index is 13.2. The summed E-state index contributed by atoms with van der Waals surface area (Å²) in [6.45, 7) is 3.36. The van der Waals surface area contributed by atoms with E-state index in [0.29, 0.717) is 11.1 Å². The molecule has 0 aromatic heterocycles. The Morgan fingerprint density at radius 3 is 2.37 bits per heavy atom. The molecule has 1 amide bonds. The summed E-state index contributed by atoms with van der Waals surface area (Å²) < 4.78 is 40.2. The predicted molar refractivity (Wildman–Crippen MR) is 67.6 cm³/mol. The van der Waals surface area contributed by atoms with Crippen molar-refractivity contribution in [2.45, 2.75) is 31.2 Å². The van der Waals surface area contributed by atoms with Gasteiger partial charge in [0.05, 0.1) is 4.90 Å². The minimum atomic E-state index is -3.75. The highest BCUT2D eigenvalue weighted by molar-refractivity contribution is 7.89. The minimum Gasteiger partial charge on any atom is -0.354 e. The van der Waals surface area contributed by atoms with Crippen molar-refractivity contribution in [3.8, 4) is 0 Å². The van der Waals surface area contributed by atoms with Crippen molar-refractivity contribution in [1.29, 1.82) is 0 Å². The van der Waals surface area contributed by atoms with Crippen LogP contribution in [0.4, 0.5) is 4.39 Å². The highest BCUT2D eigenvalue weighted by Crippen LogP contribution is 2.22. The summed E-state index contributed by atoms with van der Waals surface area (Å²) in [4.78, 5) is 11.1. The van der Waals surface area contributed by atoms with Crippen molar-refractivity contribution in [3.63, 3.8) is 0 Å². The first kappa shape index (κ1) is 14.0. The van der Waals surface area contributed by atoms with Gasteiger partial charge >= 0.3 is 0 Å². The number of carbonyl (C=O) groups excluding carboxylic acids is 1. The number of benzene rings is 1. The van der Waals surface area contributed by atoms with E-state index in [2.05, 4.69) is 10.0 Å². The lowest BCUT2D eigenvalue weighted by atomic mass is 10.1. The average Bonchev–Trinajstić information content (AvgIpc) is 2.60. The first-order valence-corrected chi connectivity index (χ1v) is 7.33. The molecule has 2 N–H and O–H groups in total. The number of sulfonamides is 1. The van der Waals surface area contributed by atoms with Crippen molar-refractivity contribution < 1.29 is 17.6 Å². The van der Waals surface area contributed by atoms with E-state index in [1.807, 2.05) is 0 Å². The van der Waals surface area contributed by atoms with Gasteiger partial charge in [0.1, 0.15) is 5.82 Å². The lowest BCUT2D eigenvalue weighted by Gasteiger charge is -2.15. The van der Waals surface area contributed by atoms with Gasteiger partial charge in [-0.05, 0) is 37.1 Å². The number of aryl methyl sites for hydroxylation is 2. The van der Waals surface area contributed by atoms with Gasteiger partial charge in [-0.3, -0.25) is 4.79 Å². The molecule has 2 rings (SSSR count). The van der Waals surface area contributed by atoms with Crippen LogP contribution >= 0.6 is 0 Å². The molecule has 1 aliphatic heterocycles. The minimum absolute atomic E-state index is 0.0771. The van der Waals surface area contributed by atoms with Crippen LogP contribution in [0.2, 0.25) is 0 Å². The number of nitrogens with one attached hydrogen (secondary N) is 2. The summed E-state index contributed by atoms with van der Waals surface area (Å²) in [5.41, 5.74) is 0.699. The monoisotopic (exact) mass is 286 g/mol. The highest BCUT2D eigenvalue weighted by atomic mass is 32.2. The number of carbonyl (C=O) groups is 1. The third-order valence-electron chi connectivity index (χ3n) is 2.99. The zero-order chi connectivity index (χ0) is 14.2. The largest absolute Gasteiger partial charge is 0.354 e. The molecule has 1 aromatic rings. The number of hydrogen-bond donors (Lipinski definition) is 2. The van der Waals surface area contributed by atoms with E-state index in [0.717, 1.165) is 0 Å². The normalized spacial score (nSPS) is 19.5. The van der Waals surface area contributed by atoms with Gasteiger partial charge < -0.3 is 5.32 Å². The van der Waals surface area contributed by atoms with Gasteiger partial charge in [0.15, 0.2) is 0 Å². The van der Waals surface area contributed by atoms with Crippen molar-refractivity contribution in [1.82, 2.24) is 10.0 Å². The van der Waals surface area contributed by atoms with Crippen molar-refractivity contribution in [2.24, 2.45) is 0 Å². The van der Waals surface area contributed by atoms with Gasteiger partial charge in [-0.2, -0.15) is 0 Å². The Morgan fingerprint density at radius 1 is 1.32 bits per heavy atom. The third-order valence-corrected chi connectivity index (χ3v) is 4.82. The van der Waals surface area contributed by atoms with E-state index >= 15 is 0 Å². The zero-order valence-corrected chi connectivity index (χ0v) is 11.5. The van der Waals surface area contributed by atoms with Gasteiger partial charge in [0, 0.05) is 19.0 Å². The van der Waals surface area contributed by atoms with Crippen LogP contribution in [0.3, 0.4) is 0 Å². The standard InChI is InChI=1S/C12H15FN2O3S/c1-7-3-9(13)4-8(2)12(7)19(17,18)15-10-5-11(16)14-6-10/h3-4,10,15H,5-6H2,1-2H3,(H,14,16). The van der Waals surface area contributed by atoms with E-state index in [1.165, 1.54) is 12.1 Å². The molecule has 1 fully saturated rings. The summed E-state index contributed by atoms with van der Waals surface area (Å²) in [6.07, 6.45) is 0.124. The van der Waals surface area contributed by atoms with Crippen LogP contribution in [0.15, 0.2) is 17.0 Å². The third kappa shape index (κ3) is 2.93. The topological polar surface area (TPSA) is 75.3 Å². The Morgan fingerprint density at radius 2 is 1.89 bits per heavy atom. The van der Waals surface area contributed by atoms with Crippen LogP contribution in [0, 0.1) is 19.7 Å². The average molecular weight is 286 g/mol. The van der Waals surface area contributed by atoms with Gasteiger partial charge in [0.2, 0.25) is 15.9 Å². The van der Waals surface area contributed by atoms with E-state index in [-0.39, 0.29) is 23.8 Å². The summed E-state index contributed by atoms with van der Waals surface area (Å²) in [6, 6.07) is 1.90. The van der Waals surface area contributed by atoms with E-state index in [1.54, 1.807) is 13.8 Å². The van der Waals surface area contributed by atoms with Crippen LogP contribution in [-0.4, -0.2) is 26.9 Å². The molecule has 1 unspecified atom stereocenters. The molecule has 0 radical (unpaired) electrons. The quantitative estimate of drug-likeness (QED) is 0.855. The summed E-state index contributed by atoms with van der Waals surface area (Å²) >= 11 is 0. The molecule has 0 bridgehead atoms. The molecule has 1 heterocycles. The van der Waals surface area contributed by atoms with E-state index in [9.17, 15) is 17.6 Å². The van der Waals surface area contributed by atoms with Gasteiger partial charge in [-0.15, -0.1) is 0 Å². The fourth-order valence-corrected chi connectivity index (χ4v) is 3.98. The Hall–Kier alpha value is -1.47.